The zero-order chi connectivity index (χ0) is 15.8. The van der Waals surface area contributed by atoms with E-state index in [1.807, 2.05) is 0 Å². The predicted molar refractivity (Wildman–Crippen MR) is 79.1 cm³/mol. The lowest BCUT2D eigenvalue weighted by Gasteiger charge is -2.09. The summed E-state index contributed by atoms with van der Waals surface area (Å²) in [6.07, 6.45) is 0. The Bertz CT molecular complexity index is 797. The van der Waals surface area contributed by atoms with Crippen molar-refractivity contribution in [2.75, 3.05) is 4.72 Å². The maximum atomic E-state index is 12.3. The topological polar surface area (TPSA) is 118 Å². The molecule has 0 bridgehead atoms. The lowest BCUT2D eigenvalue weighted by atomic mass is 10.3. The highest BCUT2D eigenvalue weighted by molar-refractivity contribution is 7.92. The van der Waals surface area contributed by atoms with Crippen molar-refractivity contribution in [3.8, 4) is 0 Å². The fraction of sp³-hybridized carbons (Fsp3) is 0.0909. The molecule has 0 atom stereocenters. The molecule has 10 heteroatoms. The van der Waals surface area contributed by atoms with Crippen molar-refractivity contribution in [2.45, 2.75) is 11.8 Å². The van der Waals surface area contributed by atoms with Crippen LogP contribution >= 0.6 is 23.2 Å². The molecule has 112 valence electrons. The number of primary amides is 1. The monoisotopic (exact) mass is 348 g/mol. The van der Waals surface area contributed by atoms with Crippen LogP contribution in [0.1, 0.15) is 16.2 Å². The molecule has 0 aliphatic rings. The number of aryl methyl sites for hydroxylation is 1. The molecular formula is C11H10Cl2N4O3S. The first-order valence-electron chi connectivity index (χ1n) is 5.54. The number of hydrogen-bond donors (Lipinski definition) is 3. The molecule has 0 unspecified atom stereocenters. The van der Waals surface area contributed by atoms with Gasteiger partial charge in [0.2, 0.25) is 0 Å². The van der Waals surface area contributed by atoms with Crippen LogP contribution in [0.25, 0.3) is 0 Å². The van der Waals surface area contributed by atoms with Crippen LogP contribution in [-0.4, -0.2) is 24.5 Å². The normalized spacial score (nSPS) is 11.4. The Hall–Kier alpha value is -1.77. The molecule has 0 aliphatic carbocycles. The molecule has 0 fully saturated rings. The second-order valence-corrected chi connectivity index (χ2v) is 6.70. The van der Waals surface area contributed by atoms with E-state index in [2.05, 4.69) is 14.9 Å². The fourth-order valence-electron chi connectivity index (χ4n) is 1.61. The number of anilines is 1. The first-order valence-corrected chi connectivity index (χ1v) is 7.78. The van der Waals surface area contributed by atoms with Crippen LogP contribution < -0.4 is 10.5 Å². The Balaban J connectivity index is 2.47. The van der Waals surface area contributed by atoms with E-state index in [9.17, 15) is 13.2 Å². The highest BCUT2D eigenvalue weighted by Crippen LogP contribution is 2.26. The molecule has 21 heavy (non-hydrogen) atoms. The summed E-state index contributed by atoms with van der Waals surface area (Å²) in [6.45, 7) is 1.54. The number of H-pyrrole nitrogens is 1. The van der Waals surface area contributed by atoms with E-state index in [-0.39, 0.29) is 26.3 Å². The molecule has 0 saturated carbocycles. The summed E-state index contributed by atoms with van der Waals surface area (Å²) in [6, 6.07) is 3.87. The number of amides is 1. The molecule has 0 aliphatic heterocycles. The maximum absolute atomic E-state index is 12.3. The number of nitrogens with two attached hydrogens (primary N) is 1. The quantitative estimate of drug-likeness (QED) is 0.781. The van der Waals surface area contributed by atoms with Crippen molar-refractivity contribution in [2.24, 2.45) is 5.73 Å². The number of aromatic amines is 1. The van der Waals surface area contributed by atoms with Gasteiger partial charge in [-0.25, -0.2) is 8.42 Å². The van der Waals surface area contributed by atoms with E-state index in [0.717, 1.165) is 0 Å². The predicted octanol–water partition coefficient (Wildman–Crippen LogP) is 1.92. The van der Waals surface area contributed by atoms with Crippen LogP contribution in [0.5, 0.6) is 0 Å². The Kier molecular flexibility index (Phi) is 4.13. The zero-order valence-electron chi connectivity index (χ0n) is 10.6. The van der Waals surface area contributed by atoms with Gasteiger partial charge in [-0.15, -0.1) is 0 Å². The lowest BCUT2D eigenvalue weighted by Crippen LogP contribution is -2.18. The number of halogens is 2. The Morgan fingerprint density at radius 2 is 1.86 bits per heavy atom. The maximum Gasteiger partial charge on any atom is 0.271 e. The Morgan fingerprint density at radius 1 is 1.29 bits per heavy atom. The van der Waals surface area contributed by atoms with Crippen LogP contribution in [0, 0.1) is 6.92 Å². The molecule has 0 spiro atoms. The molecule has 1 aromatic carbocycles. The van der Waals surface area contributed by atoms with Gasteiger partial charge in [0.05, 0.1) is 10.6 Å². The van der Waals surface area contributed by atoms with Gasteiger partial charge in [0.1, 0.15) is 5.69 Å². The van der Waals surface area contributed by atoms with Gasteiger partial charge in [-0.05, 0) is 25.1 Å². The van der Waals surface area contributed by atoms with Crippen molar-refractivity contribution in [1.29, 1.82) is 0 Å². The molecular weight excluding hydrogens is 339 g/mol. The first-order chi connectivity index (χ1) is 9.70. The van der Waals surface area contributed by atoms with E-state index < -0.39 is 15.9 Å². The average Bonchev–Trinajstić information content (AvgIpc) is 2.69. The number of benzene rings is 1. The number of nitrogens with zero attached hydrogens (tertiary/aromatic N) is 1. The lowest BCUT2D eigenvalue weighted by molar-refractivity contribution is 0.0996. The third-order valence-corrected chi connectivity index (χ3v) is 4.33. The van der Waals surface area contributed by atoms with E-state index in [1.165, 1.54) is 18.2 Å². The van der Waals surface area contributed by atoms with Crippen molar-refractivity contribution < 1.29 is 13.2 Å². The van der Waals surface area contributed by atoms with Gasteiger partial charge in [0.25, 0.3) is 15.9 Å². The Labute approximate surface area is 130 Å². The number of carbonyl (C=O) groups excluding carboxylic acids is 1. The summed E-state index contributed by atoms with van der Waals surface area (Å²) in [4.78, 5) is 11.1. The molecule has 1 heterocycles. The van der Waals surface area contributed by atoms with Crippen LogP contribution in [0.15, 0.2) is 23.1 Å². The van der Waals surface area contributed by atoms with Gasteiger partial charge in [-0.3, -0.25) is 14.6 Å². The molecule has 0 saturated heterocycles. The largest absolute Gasteiger partial charge is 0.364 e. The van der Waals surface area contributed by atoms with E-state index in [0.29, 0.717) is 5.69 Å². The molecule has 1 amide bonds. The van der Waals surface area contributed by atoms with Gasteiger partial charge < -0.3 is 5.73 Å². The van der Waals surface area contributed by atoms with Crippen LogP contribution in [-0.2, 0) is 10.0 Å². The summed E-state index contributed by atoms with van der Waals surface area (Å²) in [5.74, 6) is -0.860. The molecule has 2 aromatic rings. The standard InChI is InChI=1S/C11H10Cl2N4O3S/c1-5-9(10(11(14)18)16-15-5)17-21(19,20)8-3-6(12)2-7(13)4-8/h2-4,17H,1H3,(H2,14,18)(H,15,16). The van der Waals surface area contributed by atoms with Gasteiger partial charge in [0, 0.05) is 10.0 Å². The van der Waals surface area contributed by atoms with Crippen molar-refractivity contribution in [3.05, 3.63) is 39.6 Å². The number of aromatic nitrogens is 2. The first kappa shape index (κ1) is 15.6. The third kappa shape index (κ3) is 3.29. The van der Waals surface area contributed by atoms with Crippen molar-refractivity contribution >= 4 is 44.8 Å². The zero-order valence-corrected chi connectivity index (χ0v) is 13.0. The van der Waals surface area contributed by atoms with Gasteiger partial charge >= 0.3 is 0 Å². The van der Waals surface area contributed by atoms with Crippen molar-refractivity contribution in [1.82, 2.24) is 10.2 Å². The number of hydrogen-bond acceptors (Lipinski definition) is 4. The molecule has 2 rings (SSSR count). The minimum absolute atomic E-state index is 0.0152. The second-order valence-electron chi connectivity index (χ2n) is 4.15. The van der Waals surface area contributed by atoms with E-state index >= 15 is 0 Å². The molecule has 1 aromatic heterocycles. The molecule has 0 radical (unpaired) electrons. The smallest absolute Gasteiger partial charge is 0.271 e. The van der Waals surface area contributed by atoms with Crippen LogP contribution in [0.3, 0.4) is 0 Å². The summed E-state index contributed by atoms with van der Waals surface area (Å²) in [5, 5.41) is 6.47. The fourth-order valence-corrected chi connectivity index (χ4v) is 3.47. The number of rotatable bonds is 4. The van der Waals surface area contributed by atoms with E-state index in [1.54, 1.807) is 6.92 Å². The van der Waals surface area contributed by atoms with Crippen LogP contribution in [0.4, 0.5) is 5.69 Å². The summed E-state index contributed by atoms with van der Waals surface area (Å²) < 4.78 is 26.9. The third-order valence-electron chi connectivity index (χ3n) is 2.56. The van der Waals surface area contributed by atoms with Gasteiger partial charge in [-0.1, -0.05) is 23.2 Å². The average molecular weight is 349 g/mol. The number of sulfonamides is 1. The highest BCUT2D eigenvalue weighted by Gasteiger charge is 2.22. The van der Waals surface area contributed by atoms with Crippen LogP contribution in [0.2, 0.25) is 10.0 Å². The highest BCUT2D eigenvalue weighted by atomic mass is 35.5. The Morgan fingerprint density at radius 3 is 2.38 bits per heavy atom. The second kappa shape index (κ2) is 5.55. The van der Waals surface area contributed by atoms with E-state index in [4.69, 9.17) is 28.9 Å². The number of nitrogens with one attached hydrogen (secondary N) is 2. The molecule has 4 N–H and O–H groups in total. The van der Waals surface area contributed by atoms with Gasteiger partial charge in [-0.2, -0.15) is 5.10 Å². The van der Waals surface area contributed by atoms with Gasteiger partial charge in [0.15, 0.2) is 5.69 Å². The summed E-state index contributed by atoms with van der Waals surface area (Å²) in [5.41, 5.74) is 5.26. The molecule has 7 nitrogen and oxygen atoms in total. The SMILES string of the molecule is Cc1[nH]nc(C(N)=O)c1NS(=O)(=O)c1cc(Cl)cc(Cl)c1. The minimum atomic E-state index is -3.99. The van der Waals surface area contributed by atoms with Crippen molar-refractivity contribution in [3.63, 3.8) is 0 Å². The summed E-state index contributed by atoms with van der Waals surface area (Å²) in [7, 11) is -3.99. The number of carbonyl (C=O) groups is 1. The summed E-state index contributed by atoms with van der Waals surface area (Å²) >= 11 is 11.6. The minimum Gasteiger partial charge on any atom is -0.364 e.